The molecule has 0 saturated heterocycles. The first-order valence-corrected chi connectivity index (χ1v) is 13.3. The molecule has 0 aromatic heterocycles. The number of hydrogen-bond donors (Lipinski definition) is 0. The summed E-state index contributed by atoms with van der Waals surface area (Å²) in [5.41, 5.74) is 6.29. The summed E-state index contributed by atoms with van der Waals surface area (Å²) in [6, 6.07) is 12.0. The van der Waals surface area contributed by atoms with Gasteiger partial charge in [-0.05, 0) is 123 Å². The van der Waals surface area contributed by atoms with E-state index >= 15 is 0 Å². The Morgan fingerprint density at radius 3 is 1.44 bits per heavy atom. The lowest BCUT2D eigenvalue weighted by Crippen LogP contribution is -2.52. The van der Waals surface area contributed by atoms with Crippen LogP contribution in [0.25, 0.3) is 0 Å². The molecule has 0 aliphatic heterocycles. The highest BCUT2D eigenvalue weighted by molar-refractivity contribution is 5.92. The van der Waals surface area contributed by atoms with E-state index in [2.05, 4.69) is 12.1 Å². The second-order valence-corrected chi connectivity index (χ2v) is 10.7. The van der Waals surface area contributed by atoms with E-state index in [1.54, 1.807) is 0 Å². The van der Waals surface area contributed by atoms with Crippen molar-refractivity contribution >= 4 is 11.9 Å². The minimum Gasteiger partial charge on any atom is -0.455 e. The van der Waals surface area contributed by atoms with Gasteiger partial charge in [0.05, 0.1) is 11.1 Å². The Morgan fingerprint density at radius 2 is 1.00 bits per heavy atom. The van der Waals surface area contributed by atoms with Crippen molar-refractivity contribution in [3.8, 4) is 0 Å². The van der Waals surface area contributed by atoms with Crippen LogP contribution in [0.15, 0.2) is 36.4 Å². The molecule has 3 fully saturated rings. The van der Waals surface area contributed by atoms with Gasteiger partial charge in [0.15, 0.2) is 0 Å². The molecule has 4 heteroatoms. The number of hydrogen-bond acceptors (Lipinski definition) is 4. The normalized spacial score (nSPS) is 27.4. The van der Waals surface area contributed by atoms with Crippen LogP contribution in [-0.2, 0) is 35.2 Å². The minimum atomic E-state index is -0.345. The number of carbonyl (C=O) groups is 2. The van der Waals surface area contributed by atoms with Crippen molar-refractivity contribution < 1.29 is 19.1 Å². The molecule has 0 spiro atoms. The van der Waals surface area contributed by atoms with Crippen LogP contribution >= 0.6 is 0 Å². The van der Waals surface area contributed by atoms with Crippen molar-refractivity contribution in [1.82, 2.24) is 0 Å². The summed E-state index contributed by atoms with van der Waals surface area (Å²) in [4.78, 5) is 26.8. The summed E-state index contributed by atoms with van der Waals surface area (Å²) in [5.74, 6) is 0.0656. The maximum Gasteiger partial charge on any atom is 0.338 e. The van der Waals surface area contributed by atoms with Gasteiger partial charge in [-0.25, -0.2) is 9.59 Å². The van der Waals surface area contributed by atoms with Gasteiger partial charge in [-0.15, -0.1) is 0 Å². The predicted molar refractivity (Wildman–Crippen MR) is 130 cm³/mol. The lowest BCUT2D eigenvalue weighted by Gasteiger charge is -2.46. The predicted octanol–water partition coefficient (Wildman–Crippen LogP) is 6.02. The number of carbonyl (C=O) groups excluding carboxylic acids is 2. The molecule has 0 radical (unpaired) electrons. The summed E-state index contributed by atoms with van der Waals surface area (Å²) >= 11 is 0. The Bertz CT molecular complexity index is 1010. The Balaban J connectivity index is 1.24. The van der Waals surface area contributed by atoms with Crippen molar-refractivity contribution in [2.45, 2.75) is 89.3 Å². The van der Waals surface area contributed by atoms with Crippen LogP contribution in [0.3, 0.4) is 0 Å². The number of rotatable bonds is 4. The lowest BCUT2D eigenvalue weighted by atomic mass is 9.67. The number of ether oxygens (including phenoxy) is 2. The van der Waals surface area contributed by atoms with Gasteiger partial charge >= 0.3 is 11.9 Å². The Morgan fingerprint density at radius 1 is 0.588 bits per heavy atom. The highest BCUT2D eigenvalue weighted by Crippen LogP contribution is 2.45. The molecule has 3 saturated carbocycles. The molecular formula is C30H34O4. The molecular weight excluding hydrogens is 424 g/mol. The van der Waals surface area contributed by atoms with E-state index in [0.717, 1.165) is 75.3 Å². The van der Waals surface area contributed by atoms with Crippen molar-refractivity contribution in [1.29, 1.82) is 0 Å². The molecule has 0 amide bonds. The van der Waals surface area contributed by atoms with E-state index in [1.165, 1.54) is 24.0 Å². The summed E-state index contributed by atoms with van der Waals surface area (Å²) in [5, 5.41) is 0. The zero-order valence-corrected chi connectivity index (χ0v) is 19.9. The van der Waals surface area contributed by atoms with Crippen molar-refractivity contribution in [2.24, 2.45) is 11.8 Å². The molecule has 7 rings (SSSR count). The number of esters is 2. The fraction of sp³-hybridized carbons (Fsp3) is 0.533. The van der Waals surface area contributed by atoms with Gasteiger partial charge in [0.1, 0.15) is 12.2 Å². The third kappa shape index (κ3) is 3.95. The van der Waals surface area contributed by atoms with Crippen molar-refractivity contribution in [3.63, 3.8) is 0 Å². The summed E-state index contributed by atoms with van der Waals surface area (Å²) in [6.07, 6.45) is 12.0. The van der Waals surface area contributed by atoms with Crippen LogP contribution in [0.5, 0.6) is 0 Å². The monoisotopic (exact) mass is 458 g/mol. The molecule has 2 bridgehead atoms. The molecule has 2 atom stereocenters. The third-order valence-electron chi connectivity index (χ3n) is 8.79. The second-order valence-electron chi connectivity index (χ2n) is 10.7. The van der Waals surface area contributed by atoms with Crippen LogP contribution in [-0.4, -0.2) is 24.1 Å². The zero-order valence-electron chi connectivity index (χ0n) is 19.9. The van der Waals surface area contributed by atoms with Gasteiger partial charge in [0, 0.05) is 0 Å². The smallest absolute Gasteiger partial charge is 0.338 e. The third-order valence-corrected chi connectivity index (χ3v) is 8.79. The van der Waals surface area contributed by atoms with E-state index in [1.807, 2.05) is 24.3 Å². The van der Waals surface area contributed by atoms with E-state index in [0.29, 0.717) is 11.1 Å². The Labute approximate surface area is 202 Å². The van der Waals surface area contributed by atoms with E-state index in [9.17, 15) is 9.59 Å². The van der Waals surface area contributed by atoms with Gasteiger partial charge in [-0.3, -0.25) is 0 Å². The zero-order chi connectivity index (χ0) is 23.1. The summed E-state index contributed by atoms with van der Waals surface area (Å²) in [6.45, 7) is 0. The number of fused-ring (bicyclic) bond motifs is 5. The molecule has 5 aliphatic carbocycles. The molecule has 178 valence electrons. The first-order chi connectivity index (χ1) is 16.7. The van der Waals surface area contributed by atoms with Gasteiger partial charge < -0.3 is 9.47 Å². The number of benzene rings is 2. The highest BCUT2D eigenvalue weighted by atomic mass is 16.6. The van der Waals surface area contributed by atoms with Crippen LogP contribution in [0.2, 0.25) is 0 Å². The molecule has 2 aromatic rings. The van der Waals surface area contributed by atoms with E-state index in [4.69, 9.17) is 9.47 Å². The quantitative estimate of drug-likeness (QED) is 0.526. The van der Waals surface area contributed by atoms with Crippen LogP contribution in [0.1, 0.15) is 94.3 Å². The highest BCUT2D eigenvalue weighted by Gasteiger charge is 2.48. The minimum absolute atomic E-state index is 0.241. The molecule has 4 nitrogen and oxygen atoms in total. The van der Waals surface area contributed by atoms with E-state index in [-0.39, 0.29) is 36.0 Å². The molecule has 34 heavy (non-hydrogen) atoms. The Kier molecular flexibility index (Phi) is 5.92. The number of aryl methyl sites for hydroxylation is 2. The lowest BCUT2D eigenvalue weighted by molar-refractivity contribution is -0.121. The first kappa shape index (κ1) is 21.9. The average molecular weight is 459 g/mol. The van der Waals surface area contributed by atoms with Crippen LogP contribution in [0.4, 0.5) is 0 Å². The molecule has 0 N–H and O–H groups in total. The average Bonchev–Trinajstić information content (AvgIpc) is 2.89. The first-order valence-electron chi connectivity index (χ1n) is 13.3. The van der Waals surface area contributed by atoms with Gasteiger partial charge in [0.2, 0.25) is 0 Å². The van der Waals surface area contributed by atoms with Crippen molar-refractivity contribution in [2.75, 3.05) is 0 Å². The van der Waals surface area contributed by atoms with Gasteiger partial charge in [-0.2, -0.15) is 0 Å². The fourth-order valence-corrected chi connectivity index (χ4v) is 6.98. The summed E-state index contributed by atoms with van der Waals surface area (Å²) < 4.78 is 12.4. The van der Waals surface area contributed by atoms with Gasteiger partial charge in [-0.1, -0.05) is 24.3 Å². The fourth-order valence-electron chi connectivity index (χ4n) is 6.98. The molecule has 2 unspecified atom stereocenters. The molecule has 0 heterocycles. The van der Waals surface area contributed by atoms with E-state index < -0.39 is 0 Å². The Hall–Kier alpha value is -2.62. The maximum atomic E-state index is 13.4. The molecule has 2 aromatic carbocycles. The maximum absolute atomic E-state index is 13.4. The van der Waals surface area contributed by atoms with Crippen LogP contribution < -0.4 is 0 Å². The standard InChI is InChI=1S/C30H34O4/c31-29(25-13-5-9-19-7-1-3-11-23(19)25)33-27-21-15-17-22(18-16-21)28(27)34-30(32)26-14-6-10-20-8-2-4-12-24(20)26/h5-6,9-10,13-14,21-22,27-28H,1-4,7-8,11-12,15-18H2. The molecule has 5 aliphatic rings. The summed E-state index contributed by atoms with van der Waals surface area (Å²) in [7, 11) is 0. The topological polar surface area (TPSA) is 52.6 Å². The largest absolute Gasteiger partial charge is 0.455 e. The van der Waals surface area contributed by atoms with Crippen LogP contribution in [0, 0.1) is 11.8 Å². The second kappa shape index (κ2) is 9.20. The SMILES string of the molecule is O=C(OC1C2CCC(CC2)C1OC(=O)c1cccc2c1CCCC2)c1cccc2c1CCCC2. The van der Waals surface area contributed by atoms with Gasteiger partial charge in [0.25, 0.3) is 0 Å². The van der Waals surface area contributed by atoms with Crippen molar-refractivity contribution in [3.05, 3.63) is 69.8 Å².